The summed E-state index contributed by atoms with van der Waals surface area (Å²) in [7, 11) is 1.66. The van der Waals surface area contributed by atoms with Gasteiger partial charge in [-0.25, -0.2) is 4.98 Å². The highest BCUT2D eigenvalue weighted by Crippen LogP contribution is 2.42. The molecule has 0 fully saturated rings. The molecule has 0 bridgehead atoms. The molecule has 5 heteroatoms. The van der Waals surface area contributed by atoms with Gasteiger partial charge in [0.2, 0.25) is 0 Å². The highest BCUT2D eigenvalue weighted by Gasteiger charge is 2.27. The largest absolute Gasteiger partial charge is 0.507 e. The lowest BCUT2D eigenvalue weighted by Crippen LogP contribution is -2.17. The van der Waals surface area contributed by atoms with Crippen LogP contribution in [0.3, 0.4) is 0 Å². The van der Waals surface area contributed by atoms with Crippen molar-refractivity contribution in [1.29, 1.82) is 0 Å². The maximum atomic E-state index is 10.9. The molecule has 0 radical (unpaired) electrons. The van der Waals surface area contributed by atoms with E-state index in [0.717, 1.165) is 39.0 Å². The number of aromatic hydroxyl groups is 1. The van der Waals surface area contributed by atoms with Crippen molar-refractivity contribution in [3.8, 4) is 22.8 Å². The molecule has 0 saturated heterocycles. The molecule has 0 saturated carbocycles. The molecular formula is C24H30N2O2S. The zero-order valence-corrected chi connectivity index (χ0v) is 19.1. The molecule has 0 aliphatic carbocycles. The number of phenols is 1. The van der Waals surface area contributed by atoms with Crippen LogP contribution >= 0.6 is 11.3 Å². The van der Waals surface area contributed by atoms with Crippen molar-refractivity contribution in [2.45, 2.75) is 52.4 Å². The molecule has 0 atom stereocenters. The lowest BCUT2D eigenvalue weighted by molar-refractivity contribution is 0.415. The summed E-state index contributed by atoms with van der Waals surface area (Å²) in [5.41, 5.74) is 4.44. The van der Waals surface area contributed by atoms with Gasteiger partial charge in [-0.3, -0.25) is 0 Å². The maximum absolute atomic E-state index is 10.9. The van der Waals surface area contributed by atoms with Crippen LogP contribution in [0.15, 0.2) is 41.8 Å². The number of thiazole rings is 1. The van der Waals surface area contributed by atoms with Crippen LogP contribution in [0.25, 0.3) is 11.3 Å². The van der Waals surface area contributed by atoms with Crippen molar-refractivity contribution in [2.24, 2.45) is 0 Å². The Hall–Kier alpha value is -2.53. The van der Waals surface area contributed by atoms with Crippen molar-refractivity contribution in [3.63, 3.8) is 0 Å². The van der Waals surface area contributed by atoms with Crippen LogP contribution in [0.1, 0.15) is 52.7 Å². The summed E-state index contributed by atoms with van der Waals surface area (Å²) in [5, 5.41) is 17.2. The Bertz CT molecular complexity index is 958. The zero-order chi connectivity index (χ0) is 21.4. The van der Waals surface area contributed by atoms with E-state index in [9.17, 15) is 5.11 Å². The van der Waals surface area contributed by atoms with Crippen molar-refractivity contribution >= 4 is 22.2 Å². The molecule has 0 unspecified atom stereocenters. The van der Waals surface area contributed by atoms with Gasteiger partial charge in [0.15, 0.2) is 5.13 Å². The molecule has 4 nitrogen and oxygen atoms in total. The molecule has 154 valence electrons. The Morgan fingerprint density at radius 3 is 1.97 bits per heavy atom. The number of ether oxygens (including phenoxy) is 1. The Labute approximate surface area is 177 Å². The highest BCUT2D eigenvalue weighted by molar-refractivity contribution is 7.14. The van der Waals surface area contributed by atoms with Crippen LogP contribution in [0, 0.1) is 0 Å². The number of hydrogen-bond donors (Lipinski definition) is 2. The van der Waals surface area contributed by atoms with E-state index in [1.165, 1.54) is 0 Å². The van der Waals surface area contributed by atoms with Gasteiger partial charge >= 0.3 is 0 Å². The van der Waals surface area contributed by atoms with Crippen LogP contribution in [0.2, 0.25) is 0 Å². The SMILES string of the molecule is COc1ccc(Nc2nc(-c3cc(C(C)(C)C)c(O)c(C(C)(C)C)c3)cs2)cc1. The summed E-state index contributed by atoms with van der Waals surface area (Å²) in [5.74, 6) is 1.21. The maximum Gasteiger partial charge on any atom is 0.187 e. The smallest absolute Gasteiger partial charge is 0.187 e. The summed E-state index contributed by atoms with van der Waals surface area (Å²) in [6, 6.07) is 11.9. The second-order valence-corrected chi connectivity index (χ2v) is 10.2. The first-order chi connectivity index (χ1) is 13.5. The van der Waals surface area contributed by atoms with E-state index in [1.54, 1.807) is 18.4 Å². The molecule has 2 aromatic carbocycles. The van der Waals surface area contributed by atoms with Crippen molar-refractivity contribution in [1.82, 2.24) is 4.98 Å². The van der Waals surface area contributed by atoms with Gasteiger partial charge in [-0.15, -0.1) is 11.3 Å². The van der Waals surface area contributed by atoms with Gasteiger partial charge in [-0.2, -0.15) is 0 Å². The van der Waals surface area contributed by atoms with E-state index in [2.05, 4.69) is 64.4 Å². The van der Waals surface area contributed by atoms with Crippen LogP contribution in [-0.4, -0.2) is 17.2 Å². The van der Waals surface area contributed by atoms with E-state index in [1.807, 2.05) is 24.3 Å². The average molecular weight is 411 g/mol. The monoisotopic (exact) mass is 410 g/mol. The average Bonchev–Trinajstić information content (AvgIpc) is 3.09. The number of benzene rings is 2. The molecule has 3 rings (SSSR count). The van der Waals surface area contributed by atoms with Gasteiger partial charge in [0.25, 0.3) is 0 Å². The fraction of sp³-hybridized carbons (Fsp3) is 0.375. The number of phenolic OH excluding ortho intramolecular Hbond substituents is 1. The molecule has 0 aliphatic rings. The van der Waals surface area contributed by atoms with E-state index in [0.29, 0.717) is 5.75 Å². The molecular weight excluding hydrogens is 380 g/mol. The Morgan fingerprint density at radius 1 is 0.931 bits per heavy atom. The van der Waals surface area contributed by atoms with Gasteiger partial charge in [-0.05, 0) is 47.2 Å². The third-order valence-electron chi connectivity index (χ3n) is 4.87. The number of rotatable bonds is 4. The first-order valence-electron chi connectivity index (χ1n) is 9.74. The first kappa shape index (κ1) is 21.2. The molecule has 0 spiro atoms. The number of aromatic nitrogens is 1. The fourth-order valence-electron chi connectivity index (χ4n) is 3.19. The van der Waals surface area contributed by atoms with Crippen molar-refractivity contribution < 1.29 is 9.84 Å². The third kappa shape index (κ3) is 4.73. The topological polar surface area (TPSA) is 54.4 Å². The van der Waals surface area contributed by atoms with Gasteiger partial charge in [0.05, 0.1) is 12.8 Å². The van der Waals surface area contributed by atoms with E-state index < -0.39 is 0 Å². The lowest BCUT2D eigenvalue weighted by atomic mass is 9.78. The normalized spacial score (nSPS) is 12.1. The zero-order valence-electron chi connectivity index (χ0n) is 18.3. The first-order valence-corrected chi connectivity index (χ1v) is 10.6. The van der Waals surface area contributed by atoms with Crippen LogP contribution in [0.5, 0.6) is 11.5 Å². The molecule has 0 aliphatic heterocycles. The number of nitrogens with one attached hydrogen (secondary N) is 1. The molecule has 29 heavy (non-hydrogen) atoms. The minimum atomic E-state index is -0.166. The minimum Gasteiger partial charge on any atom is -0.507 e. The Kier molecular flexibility index (Phi) is 5.63. The van der Waals surface area contributed by atoms with Gasteiger partial charge in [-0.1, -0.05) is 41.5 Å². The van der Waals surface area contributed by atoms with Gasteiger partial charge < -0.3 is 15.2 Å². The quantitative estimate of drug-likeness (QED) is 0.493. The number of nitrogens with zero attached hydrogens (tertiary/aromatic N) is 1. The molecule has 2 N–H and O–H groups in total. The van der Waals surface area contributed by atoms with E-state index in [4.69, 9.17) is 9.72 Å². The summed E-state index contributed by atoms with van der Waals surface area (Å²) in [6.45, 7) is 12.7. The third-order valence-corrected chi connectivity index (χ3v) is 5.62. The summed E-state index contributed by atoms with van der Waals surface area (Å²) in [6.07, 6.45) is 0. The van der Waals surface area contributed by atoms with Crippen LogP contribution in [0.4, 0.5) is 10.8 Å². The Morgan fingerprint density at radius 2 is 1.48 bits per heavy atom. The molecule has 1 aromatic heterocycles. The fourth-order valence-corrected chi connectivity index (χ4v) is 3.93. The predicted molar refractivity (Wildman–Crippen MR) is 123 cm³/mol. The number of methoxy groups -OCH3 is 1. The predicted octanol–water partition coefficient (Wildman–Crippen LogP) is 6.86. The van der Waals surface area contributed by atoms with E-state index >= 15 is 0 Å². The van der Waals surface area contributed by atoms with Crippen molar-refractivity contribution in [2.75, 3.05) is 12.4 Å². The standard InChI is InChI=1S/C24H30N2O2S/c1-23(2,3)18-12-15(13-19(21(18)27)24(4,5)6)20-14-29-22(26-20)25-16-8-10-17(28-7)11-9-16/h8-14,27H,1-7H3,(H,25,26). The van der Waals surface area contributed by atoms with Gasteiger partial charge in [0, 0.05) is 27.8 Å². The van der Waals surface area contributed by atoms with Crippen LogP contribution < -0.4 is 10.1 Å². The van der Waals surface area contributed by atoms with Crippen molar-refractivity contribution in [3.05, 3.63) is 52.9 Å². The number of hydrogen-bond acceptors (Lipinski definition) is 5. The molecule has 1 heterocycles. The summed E-state index contributed by atoms with van der Waals surface area (Å²) >= 11 is 1.56. The molecule has 0 amide bonds. The summed E-state index contributed by atoms with van der Waals surface area (Å²) < 4.78 is 5.21. The van der Waals surface area contributed by atoms with Gasteiger partial charge in [0.1, 0.15) is 11.5 Å². The summed E-state index contributed by atoms with van der Waals surface area (Å²) in [4.78, 5) is 4.79. The number of anilines is 2. The van der Waals surface area contributed by atoms with E-state index in [-0.39, 0.29) is 10.8 Å². The Balaban J connectivity index is 1.98. The van der Waals surface area contributed by atoms with Crippen LogP contribution in [-0.2, 0) is 10.8 Å². The lowest BCUT2D eigenvalue weighted by Gasteiger charge is -2.28. The molecule has 3 aromatic rings. The highest BCUT2D eigenvalue weighted by atomic mass is 32.1. The second-order valence-electron chi connectivity index (χ2n) is 9.31. The minimum absolute atomic E-state index is 0.166. The second kappa shape index (κ2) is 7.71.